The molecular formula is C20H24BrN3O3. The normalized spacial score (nSPS) is 14.0. The van der Waals surface area contributed by atoms with E-state index in [4.69, 9.17) is 4.74 Å². The molecule has 144 valence electrons. The van der Waals surface area contributed by atoms with Crippen molar-refractivity contribution in [2.45, 2.75) is 52.8 Å². The van der Waals surface area contributed by atoms with Crippen LogP contribution < -0.4 is 5.56 Å². The van der Waals surface area contributed by atoms with Crippen LogP contribution in [0.3, 0.4) is 0 Å². The fourth-order valence-electron chi connectivity index (χ4n) is 3.01. The number of hydrogen-bond acceptors (Lipinski definition) is 4. The van der Waals surface area contributed by atoms with Crippen molar-refractivity contribution in [3.63, 3.8) is 0 Å². The maximum absolute atomic E-state index is 13.0. The molecule has 1 aromatic carbocycles. The second kappa shape index (κ2) is 7.46. The number of carbonyl (C=O) groups excluding carboxylic acids is 1. The summed E-state index contributed by atoms with van der Waals surface area (Å²) in [5, 5.41) is 4.42. The molecule has 6 nitrogen and oxygen atoms in total. The Morgan fingerprint density at radius 1 is 1.22 bits per heavy atom. The predicted octanol–water partition coefficient (Wildman–Crippen LogP) is 3.66. The van der Waals surface area contributed by atoms with Crippen molar-refractivity contribution >= 4 is 22.0 Å². The maximum atomic E-state index is 13.0. The van der Waals surface area contributed by atoms with E-state index in [2.05, 4.69) is 21.0 Å². The lowest BCUT2D eigenvalue weighted by Crippen LogP contribution is -2.43. The third-order valence-electron chi connectivity index (χ3n) is 4.40. The molecule has 1 aliphatic rings. The molecule has 0 saturated carbocycles. The van der Waals surface area contributed by atoms with E-state index in [1.165, 1.54) is 10.2 Å². The molecule has 1 amide bonds. The van der Waals surface area contributed by atoms with Crippen LogP contribution in [0.1, 0.15) is 43.0 Å². The fourth-order valence-corrected chi connectivity index (χ4v) is 3.64. The first-order valence-electron chi connectivity index (χ1n) is 8.96. The highest BCUT2D eigenvalue weighted by molar-refractivity contribution is 9.10. The van der Waals surface area contributed by atoms with Gasteiger partial charge in [-0.25, -0.2) is 9.48 Å². The lowest BCUT2D eigenvalue weighted by Gasteiger charge is -2.31. The quantitative estimate of drug-likeness (QED) is 0.724. The molecule has 0 saturated heterocycles. The second-order valence-corrected chi connectivity index (χ2v) is 8.60. The summed E-state index contributed by atoms with van der Waals surface area (Å²) in [7, 11) is 0. The average Bonchev–Trinajstić information content (AvgIpc) is 2.59. The van der Waals surface area contributed by atoms with E-state index in [0.29, 0.717) is 29.7 Å². The number of rotatable bonds is 2. The Morgan fingerprint density at radius 3 is 2.52 bits per heavy atom. The van der Waals surface area contributed by atoms with Gasteiger partial charge in [-0.3, -0.25) is 4.79 Å². The highest BCUT2D eigenvalue weighted by Crippen LogP contribution is 2.23. The number of aromatic nitrogens is 2. The molecule has 2 aromatic rings. The molecule has 0 N–H and O–H groups in total. The van der Waals surface area contributed by atoms with Gasteiger partial charge in [0, 0.05) is 12.1 Å². The molecule has 2 heterocycles. The van der Waals surface area contributed by atoms with Gasteiger partial charge in [0.2, 0.25) is 0 Å². The first-order chi connectivity index (χ1) is 12.6. The minimum Gasteiger partial charge on any atom is -0.444 e. The van der Waals surface area contributed by atoms with Crippen LogP contribution in [0, 0.1) is 6.92 Å². The summed E-state index contributed by atoms with van der Waals surface area (Å²) < 4.78 is 7.56. The Balaban J connectivity index is 1.88. The van der Waals surface area contributed by atoms with Gasteiger partial charge in [0.1, 0.15) is 10.2 Å². The minimum atomic E-state index is -0.568. The van der Waals surface area contributed by atoms with E-state index in [1.54, 1.807) is 4.90 Å². The number of halogens is 1. The van der Waals surface area contributed by atoms with Gasteiger partial charge in [-0.2, -0.15) is 5.10 Å². The summed E-state index contributed by atoms with van der Waals surface area (Å²) in [4.78, 5) is 27.0. The van der Waals surface area contributed by atoms with Gasteiger partial charge in [-0.1, -0.05) is 29.8 Å². The number of carbonyl (C=O) groups is 1. The van der Waals surface area contributed by atoms with Crippen molar-refractivity contribution in [3.05, 3.63) is 61.5 Å². The van der Waals surface area contributed by atoms with E-state index in [-0.39, 0.29) is 12.1 Å². The van der Waals surface area contributed by atoms with Crippen LogP contribution in [0.25, 0.3) is 0 Å². The lowest BCUT2D eigenvalue weighted by atomic mass is 10.0. The highest BCUT2D eigenvalue weighted by Gasteiger charge is 2.29. The van der Waals surface area contributed by atoms with Gasteiger partial charge in [0.05, 0.1) is 13.1 Å². The van der Waals surface area contributed by atoms with E-state index in [0.717, 1.165) is 11.1 Å². The number of amides is 1. The minimum absolute atomic E-state index is 0.165. The fraction of sp³-hybridized carbons (Fsp3) is 0.450. The molecule has 3 rings (SSSR count). The Kier molecular flexibility index (Phi) is 5.42. The summed E-state index contributed by atoms with van der Waals surface area (Å²) in [5.41, 5.74) is 2.91. The predicted molar refractivity (Wildman–Crippen MR) is 107 cm³/mol. The number of nitrogens with zero attached hydrogens (tertiary/aromatic N) is 3. The molecule has 0 bridgehead atoms. The molecule has 0 aliphatic carbocycles. The Hall–Kier alpha value is -2.15. The van der Waals surface area contributed by atoms with Crippen LogP contribution in [-0.4, -0.2) is 32.9 Å². The van der Waals surface area contributed by atoms with Crippen LogP contribution in [0.2, 0.25) is 0 Å². The third kappa shape index (κ3) is 4.58. The van der Waals surface area contributed by atoms with Gasteiger partial charge in [-0.05, 0) is 61.2 Å². The summed E-state index contributed by atoms with van der Waals surface area (Å²) in [6, 6.07) is 8.00. The summed E-state index contributed by atoms with van der Waals surface area (Å²) in [5.74, 6) is 0. The first-order valence-corrected chi connectivity index (χ1v) is 9.75. The summed E-state index contributed by atoms with van der Waals surface area (Å²) in [6.45, 7) is 8.64. The van der Waals surface area contributed by atoms with Crippen molar-refractivity contribution in [1.29, 1.82) is 0 Å². The molecule has 0 radical (unpaired) electrons. The number of fused-ring (bicyclic) bond motifs is 1. The SMILES string of the molecule is Cc1ccc(Cn2nc(Br)c3c(c2=O)CN(C(=O)OC(C)(C)C)CC3)cc1. The van der Waals surface area contributed by atoms with Crippen molar-refractivity contribution in [3.8, 4) is 0 Å². The molecular weight excluding hydrogens is 410 g/mol. The van der Waals surface area contributed by atoms with Crippen molar-refractivity contribution < 1.29 is 9.53 Å². The smallest absolute Gasteiger partial charge is 0.410 e. The lowest BCUT2D eigenvalue weighted by molar-refractivity contribution is 0.0222. The Morgan fingerprint density at radius 2 is 1.89 bits per heavy atom. The van der Waals surface area contributed by atoms with Crippen molar-refractivity contribution in [1.82, 2.24) is 14.7 Å². The molecule has 0 spiro atoms. The van der Waals surface area contributed by atoms with Crippen LogP contribution >= 0.6 is 15.9 Å². The van der Waals surface area contributed by atoms with Crippen molar-refractivity contribution in [2.75, 3.05) is 6.54 Å². The van der Waals surface area contributed by atoms with E-state index < -0.39 is 11.7 Å². The molecule has 0 unspecified atom stereocenters. The van der Waals surface area contributed by atoms with E-state index >= 15 is 0 Å². The number of aryl methyl sites for hydroxylation is 1. The molecule has 0 atom stereocenters. The summed E-state index contributed by atoms with van der Waals surface area (Å²) in [6.07, 6.45) is 0.175. The first kappa shape index (κ1) is 19.6. The van der Waals surface area contributed by atoms with Crippen LogP contribution in [0.4, 0.5) is 4.79 Å². The average molecular weight is 434 g/mol. The monoisotopic (exact) mass is 433 g/mol. The van der Waals surface area contributed by atoms with Crippen LogP contribution in [-0.2, 0) is 24.2 Å². The zero-order valence-corrected chi connectivity index (χ0v) is 17.7. The molecule has 1 aliphatic heterocycles. The zero-order valence-electron chi connectivity index (χ0n) is 16.1. The van der Waals surface area contributed by atoms with Crippen LogP contribution in [0.15, 0.2) is 33.7 Å². The van der Waals surface area contributed by atoms with Gasteiger partial charge >= 0.3 is 6.09 Å². The largest absolute Gasteiger partial charge is 0.444 e. The van der Waals surface area contributed by atoms with Gasteiger partial charge in [0.25, 0.3) is 5.56 Å². The summed E-state index contributed by atoms with van der Waals surface area (Å²) >= 11 is 3.49. The van der Waals surface area contributed by atoms with E-state index in [9.17, 15) is 9.59 Å². The topological polar surface area (TPSA) is 64.4 Å². The standard InChI is InChI=1S/C20H24BrN3O3/c1-13-5-7-14(8-6-13)11-24-18(25)16-12-23(19(26)27-20(2,3)4)10-9-15(16)17(21)22-24/h5-8H,9-12H2,1-4H3. The van der Waals surface area contributed by atoms with Crippen LogP contribution in [0.5, 0.6) is 0 Å². The Labute approximate surface area is 167 Å². The second-order valence-electron chi connectivity index (χ2n) is 7.85. The number of ether oxygens (including phenoxy) is 1. The van der Waals surface area contributed by atoms with E-state index in [1.807, 2.05) is 52.0 Å². The van der Waals surface area contributed by atoms with Gasteiger partial charge < -0.3 is 9.64 Å². The highest BCUT2D eigenvalue weighted by atomic mass is 79.9. The molecule has 27 heavy (non-hydrogen) atoms. The Bertz CT molecular complexity index is 914. The maximum Gasteiger partial charge on any atom is 0.410 e. The zero-order chi connectivity index (χ0) is 19.8. The molecule has 1 aromatic heterocycles. The number of hydrogen-bond donors (Lipinski definition) is 0. The third-order valence-corrected chi connectivity index (χ3v) is 5.04. The molecule has 0 fully saturated rings. The van der Waals surface area contributed by atoms with Gasteiger partial charge in [0.15, 0.2) is 0 Å². The van der Waals surface area contributed by atoms with Gasteiger partial charge in [-0.15, -0.1) is 0 Å². The molecule has 7 heteroatoms. The number of benzene rings is 1. The van der Waals surface area contributed by atoms with Crippen molar-refractivity contribution in [2.24, 2.45) is 0 Å².